The molecular weight excluding hydrogens is 480 g/mol. The minimum atomic E-state index is -0.428. The zero-order valence-electron chi connectivity index (χ0n) is 18.5. The fraction of sp³-hybridized carbons (Fsp3) is 0.304. The average molecular weight is 503 g/mol. The van der Waals surface area contributed by atoms with Crippen molar-refractivity contribution < 1.29 is 14.3 Å². The summed E-state index contributed by atoms with van der Waals surface area (Å²) in [6.45, 7) is 7.85. The van der Waals surface area contributed by atoms with Gasteiger partial charge >= 0.3 is 0 Å². The summed E-state index contributed by atoms with van der Waals surface area (Å²) in [5.74, 6) is -0.767. The van der Waals surface area contributed by atoms with Gasteiger partial charge < -0.3 is 20.3 Å². The molecule has 7 nitrogen and oxygen atoms in total. The summed E-state index contributed by atoms with van der Waals surface area (Å²) < 4.78 is 5.34. The highest BCUT2D eigenvalue weighted by molar-refractivity contribution is 7.82. The first kappa shape index (κ1) is 23.6. The van der Waals surface area contributed by atoms with E-state index in [9.17, 15) is 9.59 Å². The molecule has 0 radical (unpaired) electrons. The Hall–Kier alpha value is -2.59. The smallest absolute Gasteiger partial charge is 0.283 e. The van der Waals surface area contributed by atoms with Gasteiger partial charge in [0.05, 0.1) is 18.9 Å². The largest absolute Gasteiger partial charge is 0.378 e. The lowest BCUT2D eigenvalue weighted by Crippen LogP contribution is -2.45. The topological polar surface area (TPSA) is 83.6 Å². The van der Waals surface area contributed by atoms with Crippen LogP contribution in [0.2, 0.25) is 5.02 Å². The highest BCUT2D eigenvalue weighted by Crippen LogP contribution is 2.38. The molecule has 2 aromatic heterocycles. The van der Waals surface area contributed by atoms with Crippen LogP contribution in [0.5, 0.6) is 0 Å². The van der Waals surface area contributed by atoms with Crippen molar-refractivity contribution in [3.05, 3.63) is 51.0 Å². The van der Waals surface area contributed by atoms with Crippen LogP contribution in [0.25, 0.3) is 10.2 Å². The number of nitrogens with one attached hydrogen (secondary N) is 2. The highest BCUT2D eigenvalue weighted by Gasteiger charge is 2.26. The molecule has 0 spiro atoms. The Balaban J connectivity index is 1.70. The van der Waals surface area contributed by atoms with Gasteiger partial charge in [-0.15, -0.1) is 11.3 Å². The number of aryl methyl sites for hydroxylation is 3. The zero-order chi connectivity index (χ0) is 23.7. The molecule has 4 rings (SSSR count). The van der Waals surface area contributed by atoms with Crippen molar-refractivity contribution in [1.29, 1.82) is 0 Å². The minimum absolute atomic E-state index is 0.176. The third-order valence-electron chi connectivity index (χ3n) is 5.36. The maximum absolute atomic E-state index is 13.3. The quantitative estimate of drug-likeness (QED) is 0.504. The molecule has 1 aliphatic rings. The molecule has 3 heterocycles. The normalized spacial score (nSPS) is 13.8. The first-order valence-corrected chi connectivity index (χ1v) is 12.0. The third kappa shape index (κ3) is 5.01. The number of benzene rings is 1. The van der Waals surface area contributed by atoms with Gasteiger partial charge in [-0.2, -0.15) is 0 Å². The minimum Gasteiger partial charge on any atom is -0.378 e. The number of fused-ring (bicyclic) bond motifs is 1. The van der Waals surface area contributed by atoms with Crippen molar-refractivity contribution in [3.63, 3.8) is 0 Å². The van der Waals surface area contributed by atoms with E-state index in [1.165, 1.54) is 11.3 Å². The first-order chi connectivity index (χ1) is 15.7. The van der Waals surface area contributed by atoms with Crippen molar-refractivity contribution in [1.82, 2.24) is 9.88 Å². The van der Waals surface area contributed by atoms with Gasteiger partial charge in [0.2, 0.25) is 0 Å². The monoisotopic (exact) mass is 502 g/mol. The molecule has 2 amide bonds. The number of anilines is 2. The highest BCUT2D eigenvalue weighted by atomic mass is 35.5. The lowest BCUT2D eigenvalue weighted by atomic mass is 10.1. The SMILES string of the molecule is Cc1cc(C)c2c(NC(=O)C(=S)N3CCOCC3)c(C(=O)Nc3ccc(Cl)cc3C)sc2n1. The van der Waals surface area contributed by atoms with E-state index in [0.29, 0.717) is 52.4 Å². The Bertz CT molecular complexity index is 1270. The lowest BCUT2D eigenvalue weighted by molar-refractivity contribution is -0.111. The number of pyridine rings is 1. The molecule has 0 atom stereocenters. The number of carbonyl (C=O) groups excluding carboxylic acids is 2. The molecule has 0 saturated carbocycles. The summed E-state index contributed by atoms with van der Waals surface area (Å²) in [6.07, 6.45) is 0. The van der Waals surface area contributed by atoms with Crippen molar-refractivity contribution in [2.75, 3.05) is 36.9 Å². The molecular formula is C23H23ClN4O3S2. The number of ether oxygens (including phenoxy) is 1. The summed E-state index contributed by atoms with van der Waals surface area (Å²) in [4.78, 5) is 34.0. The number of aromatic nitrogens is 1. The molecule has 0 unspecified atom stereocenters. The van der Waals surface area contributed by atoms with Crippen LogP contribution in [0.1, 0.15) is 26.5 Å². The van der Waals surface area contributed by atoms with E-state index in [4.69, 9.17) is 28.6 Å². The maximum Gasteiger partial charge on any atom is 0.283 e. The van der Waals surface area contributed by atoms with Gasteiger partial charge in [-0.25, -0.2) is 4.98 Å². The van der Waals surface area contributed by atoms with Crippen LogP contribution in [0.3, 0.4) is 0 Å². The Kier molecular flexibility index (Phi) is 6.94. The molecule has 1 saturated heterocycles. The van der Waals surface area contributed by atoms with Crippen molar-refractivity contribution in [2.45, 2.75) is 20.8 Å². The van der Waals surface area contributed by atoms with E-state index < -0.39 is 5.91 Å². The molecule has 3 aromatic rings. The zero-order valence-corrected chi connectivity index (χ0v) is 20.8. The van der Waals surface area contributed by atoms with Crippen LogP contribution in [0.4, 0.5) is 11.4 Å². The van der Waals surface area contributed by atoms with E-state index in [1.807, 2.05) is 31.7 Å². The number of nitrogens with zero attached hydrogens (tertiary/aromatic N) is 2. The predicted molar refractivity (Wildman–Crippen MR) is 137 cm³/mol. The molecule has 1 aliphatic heterocycles. The molecule has 33 heavy (non-hydrogen) atoms. The number of hydrogen-bond donors (Lipinski definition) is 2. The lowest BCUT2D eigenvalue weighted by Gasteiger charge is -2.28. The fourth-order valence-corrected chi connectivity index (χ4v) is 5.35. The van der Waals surface area contributed by atoms with Gasteiger partial charge in [-0.05, 0) is 56.2 Å². The molecule has 10 heteroatoms. The average Bonchev–Trinajstić information content (AvgIpc) is 3.14. The Morgan fingerprint density at radius 1 is 1.12 bits per heavy atom. The maximum atomic E-state index is 13.3. The third-order valence-corrected chi connectivity index (χ3v) is 7.12. The van der Waals surface area contributed by atoms with E-state index in [1.54, 1.807) is 18.2 Å². The number of halogens is 1. The number of amides is 2. The van der Waals surface area contributed by atoms with E-state index >= 15 is 0 Å². The Labute approximate surface area is 206 Å². The summed E-state index contributed by atoms with van der Waals surface area (Å²) in [5, 5.41) is 7.16. The van der Waals surface area contributed by atoms with Crippen molar-refractivity contribution >= 4 is 73.5 Å². The molecule has 1 fully saturated rings. The predicted octanol–water partition coefficient (Wildman–Crippen LogP) is 4.73. The van der Waals surface area contributed by atoms with Gasteiger partial charge in [0.15, 0.2) is 4.99 Å². The van der Waals surface area contributed by atoms with Crippen LogP contribution < -0.4 is 10.6 Å². The molecule has 0 bridgehead atoms. The summed E-state index contributed by atoms with van der Waals surface area (Å²) in [7, 11) is 0. The molecule has 0 aliphatic carbocycles. The first-order valence-electron chi connectivity index (χ1n) is 10.4. The van der Waals surface area contributed by atoms with Crippen LogP contribution in [0.15, 0.2) is 24.3 Å². The Morgan fingerprint density at radius 3 is 2.55 bits per heavy atom. The second-order valence-electron chi connectivity index (χ2n) is 7.84. The van der Waals surface area contributed by atoms with Crippen molar-refractivity contribution in [3.8, 4) is 0 Å². The number of hydrogen-bond acceptors (Lipinski definition) is 6. The number of thiophene rings is 1. The molecule has 172 valence electrons. The Morgan fingerprint density at radius 2 is 1.85 bits per heavy atom. The summed E-state index contributed by atoms with van der Waals surface area (Å²) >= 11 is 12.7. The number of carbonyl (C=O) groups is 2. The van der Waals surface area contributed by atoms with Crippen molar-refractivity contribution in [2.24, 2.45) is 0 Å². The van der Waals surface area contributed by atoms with E-state index in [0.717, 1.165) is 22.2 Å². The second-order valence-corrected chi connectivity index (χ2v) is 9.66. The summed E-state index contributed by atoms with van der Waals surface area (Å²) in [6, 6.07) is 7.17. The van der Waals surface area contributed by atoms with E-state index in [2.05, 4.69) is 15.6 Å². The summed E-state index contributed by atoms with van der Waals surface area (Å²) in [5.41, 5.74) is 3.65. The van der Waals surface area contributed by atoms with Gasteiger partial charge in [0.25, 0.3) is 11.8 Å². The number of thiocarbonyl (C=S) groups is 1. The number of rotatable bonds is 3. The molecule has 2 N–H and O–H groups in total. The number of morpholine rings is 1. The second kappa shape index (κ2) is 9.72. The van der Waals surface area contributed by atoms with Crippen LogP contribution in [-0.2, 0) is 9.53 Å². The van der Waals surface area contributed by atoms with Gasteiger partial charge in [0, 0.05) is 34.9 Å². The van der Waals surface area contributed by atoms with Gasteiger partial charge in [-0.1, -0.05) is 23.8 Å². The van der Waals surface area contributed by atoms with Crippen LogP contribution >= 0.6 is 35.2 Å². The van der Waals surface area contributed by atoms with Gasteiger partial charge in [-0.3, -0.25) is 9.59 Å². The fourth-order valence-electron chi connectivity index (χ4n) is 3.74. The van der Waals surface area contributed by atoms with Crippen LogP contribution in [-0.4, -0.2) is 53.0 Å². The van der Waals surface area contributed by atoms with Gasteiger partial charge in [0.1, 0.15) is 9.71 Å². The standard InChI is InChI=1S/C23H23ClN4O3S2/c1-12-11-15(24)4-5-16(12)26-20(29)19-18(17-13(2)10-14(3)25-22(17)33-19)27-21(30)23(32)28-6-8-31-9-7-28/h4-5,10-11H,6-9H2,1-3H3,(H,26,29)(H,27,30). The van der Waals surface area contributed by atoms with Crippen LogP contribution in [0, 0.1) is 20.8 Å². The molecule has 1 aromatic carbocycles. The van der Waals surface area contributed by atoms with E-state index in [-0.39, 0.29) is 10.9 Å².